The van der Waals surface area contributed by atoms with Crippen LogP contribution in [0.4, 0.5) is 0 Å². The van der Waals surface area contributed by atoms with E-state index < -0.39 is 24.1 Å². The zero-order valence-corrected chi connectivity index (χ0v) is 8.33. The Labute approximate surface area is 86.6 Å². The summed E-state index contributed by atoms with van der Waals surface area (Å²) in [6.45, 7) is 1.14. The Hall–Kier alpha value is -1.18. The summed E-state index contributed by atoms with van der Waals surface area (Å²) in [6.07, 6.45) is -2.41. The van der Waals surface area contributed by atoms with E-state index in [0.29, 0.717) is 0 Å². The van der Waals surface area contributed by atoms with Crippen molar-refractivity contribution in [3.05, 3.63) is 0 Å². The van der Waals surface area contributed by atoms with Crippen LogP contribution in [-0.2, 0) is 9.59 Å². The number of aliphatic carboxylic acids is 2. The van der Waals surface area contributed by atoms with E-state index in [1.165, 1.54) is 6.92 Å². The fourth-order valence-electron chi connectivity index (χ4n) is 0.498. The molecule has 2 unspecified atom stereocenters. The standard InChI is InChI=1S/C4H8O4.C4H8O3/c5-2-1-3(6)4(7)8;1-3(5)2-4(6)7/h3,5-6H,1-2H2,(H,7,8);3,5H,2H2,1H3,(H,6,7). The molecule has 0 rings (SSSR count). The van der Waals surface area contributed by atoms with Crippen molar-refractivity contribution in [2.75, 3.05) is 6.61 Å². The third kappa shape index (κ3) is 15.6. The van der Waals surface area contributed by atoms with Crippen LogP contribution in [0.1, 0.15) is 19.8 Å². The molecule has 0 aromatic carbocycles. The molecule has 15 heavy (non-hydrogen) atoms. The zero-order valence-electron chi connectivity index (χ0n) is 8.33. The van der Waals surface area contributed by atoms with Crippen molar-refractivity contribution in [2.45, 2.75) is 32.0 Å². The van der Waals surface area contributed by atoms with Crippen molar-refractivity contribution in [1.29, 1.82) is 0 Å². The van der Waals surface area contributed by atoms with E-state index in [4.69, 9.17) is 25.5 Å². The van der Waals surface area contributed by atoms with Crippen LogP contribution in [0.3, 0.4) is 0 Å². The van der Waals surface area contributed by atoms with Crippen molar-refractivity contribution < 1.29 is 35.1 Å². The van der Waals surface area contributed by atoms with Crippen molar-refractivity contribution >= 4 is 11.9 Å². The molecule has 0 radical (unpaired) electrons. The molecule has 5 N–H and O–H groups in total. The Morgan fingerprint density at radius 2 is 1.67 bits per heavy atom. The van der Waals surface area contributed by atoms with E-state index in [-0.39, 0.29) is 19.4 Å². The minimum absolute atomic E-state index is 0.102. The molecule has 0 bridgehead atoms. The molecular weight excluding hydrogens is 208 g/mol. The maximum absolute atomic E-state index is 9.73. The summed E-state index contributed by atoms with van der Waals surface area (Å²) in [5.41, 5.74) is 0. The molecule has 0 saturated heterocycles. The van der Waals surface area contributed by atoms with Gasteiger partial charge in [-0.15, -0.1) is 0 Å². The summed E-state index contributed by atoms with van der Waals surface area (Å²) in [5.74, 6) is -2.26. The number of aliphatic hydroxyl groups is 3. The Morgan fingerprint density at radius 3 is 1.73 bits per heavy atom. The molecule has 0 aromatic rings. The topological polar surface area (TPSA) is 135 Å². The van der Waals surface area contributed by atoms with E-state index in [0.717, 1.165) is 0 Å². The number of aliphatic hydroxyl groups excluding tert-OH is 3. The second kappa shape index (κ2) is 9.38. The highest BCUT2D eigenvalue weighted by molar-refractivity contribution is 5.71. The van der Waals surface area contributed by atoms with Gasteiger partial charge < -0.3 is 25.5 Å². The lowest BCUT2D eigenvalue weighted by Gasteiger charge is -1.98. The maximum atomic E-state index is 9.73. The number of carboxylic acids is 2. The van der Waals surface area contributed by atoms with Gasteiger partial charge in [0, 0.05) is 13.0 Å². The molecule has 0 aliphatic rings. The number of hydrogen-bond donors (Lipinski definition) is 5. The first-order valence-electron chi connectivity index (χ1n) is 4.22. The van der Waals surface area contributed by atoms with Crippen LogP contribution in [0.25, 0.3) is 0 Å². The number of rotatable bonds is 5. The predicted octanol–water partition coefficient (Wildman–Crippen LogP) is -1.34. The van der Waals surface area contributed by atoms with E-state index >= 15 is 0 Å². The largest absolute Gasteiger partial charge is 0.481 e. The number of carboxylic acid groups (broad SMARTS) is 2. The van der Waals surface area contributed by atoms with Gasteiger partial charge in [-0.05, 0) is 6.92 Å². The molecule has 7 nitrogen and oxygen atoms in total. The summed E-state index contributed by atoms with van der Waals surface area (Å²) < 4.78 is 0. The van der Waals surface area contributed by atoms with Crippen LogP contribution in [-0.4, -0.2) is 56.3 Å². The van der Waals surface area contributed by atoms with Crippen LogP contribution >= 0.6 is 0 Å². The van der Waals surface area contributed by atoms with Gasteiger partial charge in [0.05, 0.1) is 12.5 Å². The van der Waals surface area contributed by atoms with E-state index in [2.05, 4.69) is 0 Å². The highest BCUT2D eigenvalue weighted by Gasteiger charge is 2.10. The molecule has 0 aliphatic heterocycles. The summed E-state index contributed by atoms with van der Waals surface area (Å²) >= 11 is 0. The Morgan fingerprint density at radius 1 is 1.20 bits per heavy atom. The van der Waals surface area contributed by atoms with Crippen LogP contribution in [0, 0.1) is 0 Å². The summed E-state index contributed by atoms with van der Waals surface area (Å²) in [6, 6.07) is 0. The molecule has 0 heterocycles. The molecule has 7 heteroatoms. The quantitative estimate of drug-likeness (QED) is 0.389. The first-order valence-corrected chi connectivity index (χ1v) is 4.22. The van der Waals surface area contributed by atoms with E-state index in [1.54, 1.807) is 0 Å². The van der Waals surface area contributed by atoms with Crippen LogP contribution in [0.2, 0.25) is 0 Å². The SMILES string of the molecule is CC(O)CC(=O)O.O=C(O)C(O)CCO. The van der Waals surface area contributed by atoms with Crippen molar-refractivity contribution in [3.63, 3.8) is 0 Å². The average Bonchev–Trinajstić information content (AvgIpc) is 2.02. The van der Waals surface area contributed by atoms with Crippen molar-refractivity contribution in [2.24, 2.45) is 0 Å². The number of carbonyl (C=O) groups is 2. The van der Waals surface area contributed by atoms with Gasteiger partial charge in [-0.1, -0.05) is 0 Å². The minimum atomic E-state index is -1.42. The molecular formula is C8H16O7. The minimum Gasteiger partial charge on any atom is -0.481 e. The molecule has 0 aromatic heterocycles. The predicted molar refractivity (Wildman–Crippen MR) is 49.3 cm³/mol. The molecule has 0 spiro atoms. The lowest BCUT2D eigenvalue weighted by molar-refractivity contribution is -0.147. The third-order valence-corrected chi connectivity index (χ3v) is 1.16. The first-order chi connectivity index (χ1) is 6.81. The smallest absolute Gasteiger partial charge is 0.332 e. The molecule has 0 aliphatic carbocycles. The summed E-state index contributed by atoms with van der Waals surface area (Å²) in [5, 5.41) is 40.6. The van der Waals surface area contributed by atoms with Gasteiger partial charge in [0.25, 0.3) is 0 Å². The lowest BCUT2D eigenvalue weighted by Crippen LogP contribution is -2.20. The van der Waals surface area contributed by atoms with Gasteiger partial charge in [0.15, 0.2) is 6.10 Å². The summed E-state index contributed by atoms with van der Waals surface area (Å²) in [7, 11) is 0. The molecule has 0 fully saturated rings. The van der Waals surface area contributed by atoms with Gasteiger partial charge in [-0.2, -0.15) is 0 Å². The van der Waals surface area contributed by atoms with Crippen molar-refractivity contribution in [3.8, 4) is 0 Å². The van der Waals surface area contributed by atoms with Gasteiger partial charge >= 0.3 is 11.9 Å². The third-order valence-electron chi connectivity index (χ3n) is 1.16. The first kappa shape index (κ1) is 16.3. The zero-order chi connectivity index (χ0) is 12.4. The Bertz CT molecular complexity index is 189. The molecule has 0 saturated carbocycles. The Kier molecular flexibility index (Phi) is 10.2. The van der Waals surface area contributed by atoms with E-state index in [1.807, 2.05) is 0 Å². The maximum Gasteiger partial charge on any atom is 0.332 e. The highest BCUT2D eigenvalue weighted by Crippen LogP contribution is 1.87. The second-order valence-corrected chi connectivity index (χ2v) is 2.81. The van der Waals surface area contributed by atoms with E-state index in [9.17, 15) is 9.59 Å². The number of hydrogen-bond acceptors (Lipinski definition) is 5. The van der Waals surface area contributed by atoms with Gasteiger partial charge in [0.1, 0.15) is 0 Å². The normalized spacial score (nSPS) is 13.3. The fourth-order valence-corrected chi connectivity index (χ4v) is 0.498. The monoisotopic (exact) mass is 224 g/mol. The van der Waals surface area contributed by atoms with Crippen LogP contribution in [0.15, 0.2) is 0 Å². The molecule has 2 atom stereocenters. The summed E-state index contributed by atoms with van der Waals surface area (Å²) in [4.78, 5) is 19.4. The fraction of sp³-hybridized carbons (Fsp3) is 0.750. The van der Waals surface area contributed by atoms with Crippen LogP contribution in [0.5, 0.6) is 0 Å². The second-order valence-electron chi connectivity index (χ2n) is 2.81. The Balaban J connectivity index is 0. The van der Waals surface area contributed by atoms with Gasteiger partial charge in [-0.3, -0.25) is 4.79 Å². The molecule has 90 valence electrons. The average molecular weight is 224 g/mol. The van der Waals surface area contributed by atoms with Crippen LogP contribution < -0.4 is 0 Å². The highest BCUT2D eigenvalue weighted by atomic mass is 16.4. The van der Waals surface area contributed by atoms with Gasteiger partial charge in [0.2, 0.25) is 0 Å². The molecule has 0 amide bonds. The lowest BCUT2D eigenvalue weighted by atomic mass is 10.3. The van der Waals surface area contributed by atoms with Crippen molar-refractivity contribution in [1.82, 2.24) is 0 Å². The van der Waals surface area contributed by atoms with Gasteiger partial charge in [-0.25, -0.2) is 4.79 Å².